The molecule has 5 heteroatoms. The van der Waals surface area contributed by atoms with E-state index in [1.165, 1.54) is 7.11 Å². The summed E-state index contributed by atoms with van der Waals surface area (Å²) in [5.41, 5.74) is 2.39. The van der Waals surface area contributed by atoms with Gasteiger partial charge in [0.2, 0.25) is 6.10 Å². The summed E-state index contributed by atoms with van der Waals surface area (Å²) in [5, 5.41) is 0. The van der Waals surface area contributed by atoms with Gasteiger partial charge in [0.05, 0.1) is 19.3 Å². The van der Waals surface area contributed by atoms with Gasteiger partial charge >= 0.3 is 5.97 Å². The molecule has 0 saturated heterocycles. The highest BCUT2D eigenvalue weighted by molar-refractivity contribution is 6.07. The van der Waals surface area contributed by atoms with Gasteiger partial charge in [-0.05, 0) is 35.2 Å². The number of carbonyl (C=O) groups excluding carboxylic acids is 2. The molecule has 0 saturated carbocycles. The molecule has 2 aromatic carbocycles. The standard InChI is InChI=1S/C21H23NO4/c1-21(2,3)15-11-9-14(10-12-15)19(23)22-13-18(20(24)25-4)26-17-8-6-5-7-16(17)22/h5-12,18H,13H2,1-4H3. The van der Waals surface area contributed by atoms with Crippen LogP contribution in [0.15, 0.2) is 48.5 Å². The minimum Gasteiger partial charge on any atom is -0.475 e. The smallest absolute Gasteiger partial charge is 0.348 e. The number of anilines is 1. The van der Waals surface area contributed by atoms with E-state index in [0.29, 0.717) is 17.0 Å². The largest absolute Gasteiger partial charge is 0.475 e. The number of methoxy groups -OCH3 is 1. The first-order valence-corrected chi connectivity index (χ1v) is 8.57. The lowest BCUT2D eigenvalue weighted by Crippen LogP contribution is -2.47. The number of ether oxygens (including phenoxy) is 2. The first kappa shape index (κ1) is 18.0. The Balaban J connectivity index is 1.93. The number of para-hydroxylation sites is 2. The van der Waals surface area contributed by atoms with E-state index in [1.54, 1.807) is 17.0 Å². The average Bonchev–Trinajstić information content (AvgIpc) is 2.65. The zero-order valence-corrected chi connectivity index (χ0v) is 15.5. The van der Waals surface area contributed by atoms with Crippen molar-refractivity contribution in [2.24, 2.45) is 0 Å². The Kier molecular flexibility index (Phi) is 4.72. The molecule has 26 heavy (non-hydrogen) atoms. The predicted octanol–water partition coefficient (Wildman–Crippen LogP) is 3.56. The Labute approximate surface area is 153 Å². The van der Waals surface area contributed by atoms with Gasteiger partial charge in [-0.15, -0.1) is 0 Å². The van der Waals surface area contributed by atoms with Crippen molar-refractivity contribution < 1.29 is 19.1 Å². The van der Waals surface area contributed by atoms with Crippen molar-refractivity contribution in [3.8, 4) is 5.75 Å². The summed E-state index contributed by atoms with van der Waals surface area (Å²) in [6.07, 6.45) is -0.840. The Morgan fingerprint density at radius 1 is 1.08 bits per heavy atom. The van der Waals surface area contributed by atoms with Gasteiger partial charge in [-0.2, -0.15) is 0 Å². The minimum absolute atomic E-state index is 0.0170. The highest BCUT2D eigenvalue weighted by atomic mass is 16.6. The van der Waals surface area contributed by atoms with Crippen molar-refractivity contribution in [2.45, 2.75) is 32.3 Å². The highest BCUT2D eigenvalue weighted by Gasteiger charge is 2.34. The minimum atomic E-state index is -0.840. The van der Waals surface area contributed by atoms with E-state index in [-0.39, 0.29) is 17.9 Å². The fourth-order valence-corrected chi connectivity index (χ4v) is 2.95. The summed E-state index contributed by atoms with van der Waals surface area (Å²) in [4.78, 5) is 26.6. The summed E-state index contributed by atoms with van der Waals surface area (Å²) >= 11 is 0. The molecule has 0 aromatic heterocycles. The molecule has 0 bridgehead atoms. The third-order valence-corrected chi connectivity index (χ3v) is 4.48. The van der Waals surface area contributed by atoms with Crippen molar-refractivity contribution in [1.29, 1.82) is 0 Å². The summed E-state index contributed by atoms with van der Waals surface area (Å²) in [5.74, 6) is -0.177. The SMILES string of the molecule is COC(=O)C1CN(C(=O)c2ccc(C(C)(C)C)cc2)c2ccccc2O1. The molecular formula is C21H23NO4. The van der Waals surface area contributed by atoms with Gasteiger partial charge in [-0.1, -0.05) is 45.0 Å². The summed E-state index contributed by atoms with van der Waals surface area (Å²) in [7, 11) is 1.31. The van der Waals surface area contributed by atoms with Gasteiger partial charge < -0.3 is 14.4 Å². The molecule has 0 spiro atoms. The van der Waals surface area contributed by atoms with E-state index in [4.69, 9.17) is 9.47 Å². The number of esters is 1. The third-order valence-electron chi connectivity index (χ3n) is 4.48. The number of amides is 1. The van der Waals surface area contributed by atoms with Crippen molar-refractivity contribution in [3.05, 3.63) is 59.7 Å². The molecule has 0 fully saturated rings. The maximum absolute atomic E-state index is 13.1. The zero-order valence-electron chi connectivity index (χ0n) is 15.5. The number of fused-ring (bicyclic) bond motifs is 1. The maximum atomic E-state index is 13.1. The van der Waals surface area contributed by atoms with Crippen LogP contribution >= 0.6 is 0 Å². The van der Waals surface area contributed by atoms with E-state index < -0.39 is 12.1 Å². The van der Waals surface area contributed by atoms with Crippen LogP contribution in [0.25, 0.3) is 0 Å². The monoisotopic (exact) mass is 353 g/mol. The molecule has 3 rings (SSSR count). The van der Waals surface area contributed by atoms with Crippen molar-refractivity contribution >= 4 is 17.6 Å². The first-order chi connectivity index (χ1) is 12.3. The molecule has 1 unspecified atom stereocenters. The summed E-state index contributed by atoms with van der Waals surface area (Å²) in [6.45, 7) is 6.50. The quantitative estimate of drug-likeness (QED) is 0.775. The molecule has 1 heterocycles. The van der Waals surface area contributed by atoms with Gasteiger partial charge in [-0.25, -0.2) is 4.79 Å². The lowest BCUT2D eigenvalue weighted by molar-refractivity contribution is -0.148. The number of carbonyl (C=O) groups is 2. The average molecular weight is 353 g/mol. The number of rotatable bonds is 2. The lowest BCUT2D eigenvalue weighted by atomic mass is 9.86. The van der Waals surface area contributed by atoms with Crippen LogP contribution in [0.5, 0.6) is 5.75 Å². The Morgan fingerprint density at radius 2 is 1.73 bits per heavy atom. The molecule has 0 radical (unpaired) electrons. The number of benzene rings is 2. The number of hydrogen-bond donors (Lipinski definition) is 0. The molecule has 5 nitrogen and oxygen atoms in total. The molecule has 1 aliphatic rings. The van der Waals surface area contributed by atoms with Crippen molar-refractivity contribution in [2.75, 3.05) is 18.6 Å². The van der Waals surface area contributed by atoms with Crippen LogP contribution < -0.4 is 9.64 Å². The Bertz CT molecular complexity index is 821. The number of hydrogen-bond acceptors (Lipinski definition) is 4. The van der Waals surface area contributed by atoms with E-state index in [1.807, 2.05) is 36.4 Å². The van der Waals surface area contributed by atoms with Gasteiger partial charge in [-0.3, -0.25) is 4.79 Å². The van der Waals surface area contributed by atoms with Crippen LogP contribution in [0.1, 0.15) is 36.7 Å². The van der Waals surface area contributed by atoms with Crippen LogP contribution in [0.4, 0.5) is 5.69 Å². The Morgan fingerprint density at radius 3 is 2.35 bits per heavy atom. The Hall–Kier alpha value is -2.82. The fourth-order valence-electron chi connectivity index (χ4n) is 2.95. The molecule has 0 aliphatic carbocycles. The van der Waals surface area contributed by atoms with E-state index in [9.17, 15) is 9.59 Å². The highest BCUT2D eigenvalue weighted by Crippen LogP contribution is 2.34. The van der Waals surface area contributed by atoms with E-state index in [0.717, 1.165) is 5.56 Å². The van der Waals surface area contributed by atoms with Gasteiger partial charge in [0.1, 0.15) is 5.75 Å². The first-order valence-electron chi connectivity index (χ1n) is 8.57. The van der Waals surface area contributed by atoms with Gasteiger partial charge in [0, 0.05) is 5.56 Å². The summed E-state index contributed by atoms with van der Waals surface area (Å²) < 4.78 is 10.5. The van der Waals surface area contributed by atoms with Crippen LogP contribution in [0.2, 0.25) is 0 Å². The second-order valence-corrected chi connectivity index (χ2v) is 7.34. The maximum Gasteiger partial charge on any atom is 0.348 e. The molecule has 2 aromatic rings. The fraction of sp³-hybridized carbons (Fsp3) is 0.333. The predicted molar refractivity (Wildman–Crippen MR) is 99.7 cm³/mol. The van der Waals surface area contributed by atoms with Crippen LogP contribution in [0, 0.1) is 0 Å². The van der Waals surface area contributed by atoms with Crippen molar-refractivity contribution in [3.63, 3.8) is 0 Å². The molecule has 0 N–H and O–H groups in total. The van der Waals surface area contributed by atoms with Crippen LogP contribution in [-0.4, -0.2) is 31.6 Å². The summed E-state index contributed by atoms with van der Waals surface area (Å²) in [6, 6.07) is 14.8. The molecule has 1 atom stereocenters. The number of nitrogens with zero attached hydrogens (tertiary/aromatic N) is 1. The second-order valence-electron chi connectivity index (χ2n) is 7.34. The molecule has 1 aliphatic heterocycles. The van der Waals surface area contributed by atoms with E-state index >= 15 is 0 Å². The van der Waals surface area contributed by atoms with Crippen molar-refractivity contribution in [1.82, 2.24) is 0 Å². The normalized spacial score (nSPS) is 16.5. The van der Waals surface area contributed by atoms with Gasteiger partial charge in [0.25, 0.3) is 5.91 Å². The zero-order chi connectivity index (χ0) is 18.9. The molecule has 1 amide bonds. The lowest BCUT2D eigenvalue weighted by Gasteiger charge is -2.33. The third kappa shape index (κ3) is 3.43. The van der Waals surface area contributed by atoms with Crippen LogP contribution in [-0.2, 0) is 14.9 Å². The molecule has 136 valence electrons. The second kappa shape index (κ2) is 6.83. The topological polar surface area (TPSA) is 55.8 Å². The van der Waals surface area contributed by atoms with Crippen LogP contribution in [0.3, 0.4) is 0 Å². The van der Waals surface area contributed by atoms with E-state index in [2.05, 4.69) is 20.8 Å². The molecular weight excluding hydrogens is 330 g/mol. The van der Waals surface area contributed by atoms with Gasteiger partial charge in [0.15, 0.2) is 0 Å².